The molecule has 0 spiro atoms. The molecule has 31 heavy (non-hydrogen) atoms. The molecular weight excluding hydrogens is 449 g/mol. The Morgan fingerprint density at radius 2 is 1.71 bits per heavy atom. The first-order valence-electron chi connectivity index (χ1n) is 10.6. The summed E-state index contributed by atoms with van der Waals surface area (Å²) in [5, 5.41) is 12.8. The molecule has 3 aromatic rings. The molecule has 0 amide bonds. The van der Waals surface area contributed by atoms with E-state index >= 15 is 0 Å². The Morgan fingerprint density at radius 3 is 2.32 bits per heavy atom. The number of piperazine rings is 1. The van der Waals surface area contributed by atoms with Crippen molar-refractivity contribution in [2.24, 2.45) is 0 Å². The van der Waals surface area contributed by atoms with Crippen LogP contribution >= 0.6 is 36.2 Å². The molecule has 0 aliphatic carbocycles. The molecule has 1 N–H and O–H groups in total. The lowest BCUT2D eigenvalue weighted by Gasteiger charge is -2.35. The lowest BCUT2D eigenvalue weighted by Crippen LogP contribution is -2.46. The minimum atomic E-state index is -0.0257. The van der Waals surface area contributed by atoms with E-state index in [0.29, 0.717) is 0 Å². The molecular formula is C24H33Cl2N3OS. The first kappa shape index (κ1) is 25.9. The highest BCUT2D eigenvalue weighted by Crippen LogP contribution is 2.35. The largest absolute Gasteiger partial charge is 0.396 e. The van der Waals surface area contributed by atoms with Gasteiger partial charge in [-0.05, 0) is 46.8 Å². The second-order valence-corrected chi connectivity index (χ2v) is 9.44. The first-order valence-corrected chi connectivity index (χ1v) is 11.5. The van der Waals surface area contributed by atoms with Gasteiger partial charge in [-0.3, -0.25) is 0 Å². The van der Waals surface area contributed by atoms with E-state index in [1.807, 2.05) is 0 Å². The summed E-state index contributed by atoms with van der Waals surface area (Å²) >= 11 is 1.79. The van der Waals surface area contributed by atoms with E-state index in [4.69, 9.17) is 4.98 Å². The van der Waals surface area contributed by atoms with Crippen LogP contribution in [0.5, 0.6) is 0 Å². The number of halogens is 2. The number of aliphatic hydroxyl groups excluding tert-OH is 1. The second kappa shape index (κ2) is 11.0. The van der Waals surface area contributed by atoms with Crippen molar-refractivity contribution in [1.29, 1.82) is 0 Å². The molecule has 0 unspecified atom stereocenters. The standard InChI is InChI=1S/C24H31N3OS.2ClH/c1-4-26-11-13-27(14-12-26)23-22-19(9-16-29-22)17-21(25-23)18-5-7-20(8-6-18)24(2,3)10-15-28;;/h5-9,16-17,28H,4,10-15H2,1-3H3;2*1H. The molecule has 2 aromatic heterocycles. The molecule has 0 bridgehead atoms. The van der Waals surface area contributed by atoms with Gasteiger partial charge in [0.2, 0.25) is 0 Å². The van der Waals surface area contributed by atoms with Crippen LogP contribution < -0.4 is 4.90 Å². The van der Waals surface area contributed by atoms with E-state index in [9.17, 15) is 5.11 Å². The fourth-order valence-electron chi connectivity index (χ4n) is 4.11. The number of rotatable bonds is 6. The van der Waals surface area contributed by atoms with Crippen LogP contribution in [0.15, 0.2) is 41.8 Å². The zero-order chi connectivity index (χ0) is 20.4. The monoisotopic (exact) mass is 481 g/mol. The predicted molar refractivity (Wildman–Crippen MR) is 139 cm³/mol. The third kappa shape index (κ3) is 5.52. The maximum Gasteiger partial charge on any atom is 0.147 e. The summed E-state index contributed by atoms with van der Waals surface area (Å²) < 4.78 is 1.29. The summed E-state index contributed by atoms with van der Waals surface area (Å²) in [5.41, 5.74) is 3.41. The number of pyridine rings is 1. The summed E-state index contributed by atoms with van der Waals surface area (Å²) in [6.45, 7) is 12.2. The Hall–Kier alpha value is -1.37. The van der Waals surface area contributed by atoms with Crippen LogP contribution in [0.25, 0.3) is 21.3 Å². The van der Waals surface area contributed by atoms with Crippen molar-refractivity contribution in [3.63, 3.8) is 0 Å². The maximum absolute atomic E-state index is 9.35. The third-order valence-electron chi connectivity index (χ3n) is 6.24. The number of benzene rings is 1. The quantitative estimate of drug-likeness (QED) is 0.496. The number of likely N-dealkylation sites (N-methyl/N-ethyl adjacent to an activating group) is 1. The van der Waals surface area contributed by atoms with Gasteiger partial charge in [-0.25, -0.2) is 4.98 Å². The lowest BCUT2D eigenvalue weighted by molar-refractivity contribution is 0.252. The van der Waals surface area contributed by atoms with Crippen molar-refractivity contribution in [3.05, 3.63) is 47.3 Å². The van der Waals surface area contributed by atoms with Gasteiger partial charge >= 0.3 is 0 Å². The molecule has 0 radical (unpaired) electrons. The number of aromatic nitrogens is 1. The number of anilines is 1. The van der Waals surface area contributed by atoms with Crippen molar-refractivity contribution in [3.8, 4) is 11.3 Å². The summed E-state index contributed by atoms with van der Waals surface area (Å²) in [5.74, 6) is 1.13. The molecule has 4 rings (SSSR count). The molecule has 7 heteroatoms. The van der Waals surface area contributed by atoms with Crippen molar-refractivity contribution in [1.82, 2.24) is 9.88 Å². The topological polar surface area (TPSA) is 39.6 Å². The van der Waals surface area contributed by atoms with Gasteiger partial charge in [0.25, 0.3) is 0 Å². The normalized spacial score (nSPS) is 14.9. The van der Waals surface area contributed by atoms with Crippen molar-refractivity contribution < 1.29 is 5.11 Å². The van der Waals surface area contributed by atoms with Gasteiger partial charge < -0.3 is 14.9 Å². The van der Waals surface area contributed by atoms with Crippen LogP contribution in [0.2, 0.25) is 0 Å². The maximum atomic E-state index is 9.35. The second-order valence-electron chi connectivity index (χ2n) is 8.53. The van der Waals surface area contributed by atoms with Gasteiger partial charge in [0, 0.05) is 38.3 Å². The molecule has 4 nitrogen and oxygen atoms in total. The summed E-state index contributed by atoms with van der Waals surface area (Å²) in [4.78, 5) is 10.1. The zero-order valence-electron chi connectivity index (χ0n) is 18.5. The van der Waals surface area contributed by atoms with E-state index in [-0.39, 0.29) is 36.8 Å². The van der Waals surface area contributed by atoms with Crippen LogP contribution in [0.3, 0.4) is 0 Å². The number of thiophene rings is 1. The first-order chi connectivity index (χ1) is 14.0. The fraction of sp³-hybridized carbons (Fsp3) is 0.458. The van der Waals surface area contributed by atoms with Crippen LogP contribution in [-0.2, 0) is 5.41 Å². The van der Waals surface area contributed by atoms with Gasteiger partial charge in [0.1, 0.15) is 5.82 Å². The summed E-state index contributed by atoms with van der Waals surface area (Å²) in [7, 11) is 0. The highest BCUT2D eigenvalue weighted by molar-refractivity contribution is 7.17. The van der Waals surface area contributed by atoms with Crippen LogP contribution in [0, 0.1) is 0 Å². The zero-order valence-corrected chi connectivity index (χ0v) is 21.0. The molecule has 170 valence electrons. The summed E-state index contributed by atoms with van der Waals surface area (Å²) in [6, 6.07) is 13.1. The van der Waals surface area contributed by atoms with Crippen LogP contribution in [0.1, 0.15) is 32.8 Å². The molecule has 1 aliphatic heterocycles. The van der Waals surface area contributed by atoms with Gasteiger partial charge in [-0.15, -0.1) is 36.2 Å². The van der Waals surface area contributed by atoms with Crippen molar-refractivity contribution in [2.45, 2.75) is 32.6 Å². The van der Waals surface area contributed by atoms with Crippen molar-refractivity contribution >= 4 is 52.1 Å². The molecule has 1 saturated heterocycles. The SMILES string of the molecule is CCN1CCN(c2nc(-c3ccc(C(C)(C)CCO)cc3)cc3ccsc23)CC1.Cl.Cl. The summed E-state index contributed by atoms with van der Waals surface area (Å²) in [6.07, 6.45) is 0.763. The van der Waals surface area contributed by atoms with Gasteiger partial charge in [-0.1, -0.05) is 45.0 Å². The van der Waals surface area contributed by atoms with Crippen LogP contribution in [-0.4, -0.2) is 54.3 Å². The minimum Gasteiger partial charge on any atom is -0.396 e. The van der Waals surface area contributed by atoms with Gasteiger partial charge in [-0.2, -0.15) is 0 Å². The van der Waals surface area contributed by atoms with E-state index in [2.05, 4.69) is 72.3 Å². The van der Waals surface area contributed by atoms with E-state index in [1.165, 1.54) is 15.6 Å². The smallest absolute Gasteiger partial charge is 0.147 e. The average Bonchev–Trinajstić information content (AvgIpc) is 3.22. The number of fused-ring (bicyclic) bond motifs is 1. The highest BCUT2D eigenvalue weighted by Gasteiger charge is 2.22. The molecule has 1 aliphatic rings. The number of hydrogen-bond donors (Lipinski definition) is 1. The number of aliphatic hydroxyl groups is 1. The van der Waals surface area contributed by atoms with Gasteiger partial charge in [0.05, 0.1) is 10.4 Å². The van der Waals surface area contributed by atoms with Crippen molar-refractivity contribution in [2.75, 3.05) is 44.2 Å². The Kier molecular flexibility index (Phi) is 9.16. The predicted octanol–water partition coefficient (Wildman–Crippen LogP) is 5.61. The lowest BCUT2D eigenvalue weighted by atomic mass is 9.81. The van der Waals surface area contributed by atoms with E-state index in [1.54, 1.807) is 11.3 Å². The minimum absolute atomic E-state index is 0. The fourth-order valence-corrected chi connectivity index (χ4v) is 5.01. The molecule has 0 atom stereocenters. The van der Waals surface area contributed by atoms with E-state index in [0.717, 1.165) is 56.2 Å². The Bertz CT molecular complexity index is 967. The Balaban J connectivity index is 0.00000171. The third-order valence-corrected chi connectivity index (χ3v) is 7.16. The Morgan fingerprint density at radius 1 is 1.03 bits per heavy atom. The average molecular weight is 483 g/mol. The molecule has 3 heterocycles. The molecule has 0 saturated carbocycles. The Labute approximate surface area is 202 Å². The number of nitrogens with zero attached hydrogens (tertiary/aromatic N) is 3. The molecule has 1 aromatic carbocycles. The van der Waals surface area contributed by atoms with Crippen LogP contribution in [0.4, 0.5) is 5.82 Å². The van der Waals surface area contributed by atoms with Gasteiger partial charge in [0.15, 0.2) is 0 Å². The highest BCUT2D eigenvalue weighted by atomic mass is 35.5. The molecule has 1 fully saturated rings. The number of hydrogen-bond acceptors (Lipinski definition) is 5. The van der Waals surface area contributed by atoms with E-state index < -0.39 is 0 Å².